The van der Waals surface area contributed by atoms with Crippen molar-refractivity contribution in [2.75, 3.05) is 38.0 Å². The molecule has 2 saturated heterocycles. The molecule has 0 spiro atoms. The summed E-state index contributed by atoms with van der Waals surface area (Å²) in [6.45, 7) is 10.6. The Morgan fingerprint density at radius 1 is 1.00 bits per heavy atom. The van der Waals surface area contributed by atoms with Crippen LogP contribution in [0, 0.1) is 5.92 Å². The Morgan fingerprint density at radius 2 is 1.72 bits per heavy atom. The van der Waals surface area contributed by atoms with Crippen molar-refractivity contribution in [3.05, 3.63) is 45.8 Å². The van der Waals surface area contributed by atoms with Crippen LogP contribution < -0.4 is 5.32 Å². The van der Waals surface area contributed by atoms with Gasteiger partial charge in [0.15, 0.2) is 0 Å². The Labute approximate surface area is 236 Å². The number of anilines is 1. The third kappa shape index (κ3) is 5.94. The van der Waals surface area contributed by atoms with Crippen molar-refractivity contribution in [1.82, 2.24) is 14.1 Å². The number of hydrogen-bond acceptors (Lipinski definition) is 6. The summed E-state index contributed by atoms with van der Waals surface area (Å²) in [7, 11) is -3.59. The van der Waals surface area contributed by atoms with Gasteiger partial charge in [-0.3, -0.25) is 14.5 Å². The van der Waals surface area contributed by atoms with Gasteiger partial charge in [0.2, 0.25) is 10.0 Å². The lowest BCUT2D eigenvalue weighted by atomic mass is 10.00. The molecule has 0 radical (unpaired) electrons. The van der Waals surface area contributed by atoms with E-state index in [9.17, 15) is 18.0 Å². The number of likely N-dealkylation sites (tertiary alicyclic amines) is 1. The molecule has 10 heteroatoms. The van der Waals surface area contributed by atoms with E-state index in [1.165, 1.54) is 23.5 Å². The standard InChI is InChI=1S/C29H40N4O4S2/c1-20(2)32-17-13-24-25(19-32)38-28(26(24)29(35)31-14-5-4-6-15-31)30-27(34)22-9-11-23(12-10-22)39(36,37)33-16-7-8-21(3)18-33/h9-12,20-21H,4-8,13-19H2,1-3H3,(H,30,34). The number of nitrogens with one attached hydrogen (secondary N) is 1. The van der Waals surface area contributed by atoms with E-state index in [0.717, 1.165) is 75.1 Å². The van der Waals surface area contributed by atoms with Crippen molar-refractivity contribution in [3.63, 3.8) is 0 Å². The fourth-order valence-corrected chi connectivity index (χ4v) is 8.76. The van der Waals surface area contributed by atoms with Gasteiger partial charge in [-0.1, -0.05) is 6.92 Å². The Balaban J connectivity index is 1.38. The number of benzene rings is 1. The van der Waals surface area contributed by atoms with Gasteiger partial charge in [-0.25, -0.2) is 8.42 Å². The van der Waals surface area contributed by atoms with Crippen LogP contribution in [-0.2, 0) is 23.0 Å². The second-order valence-electron chi connectivity index (χ2n) is 11.5. The van der Waals surface area contributed by atoms with E-state index >= 15 is 0 Å². The molecule has 212 valence electrons. The minimum absolute atomic E-state index is 0.0118. The second kappa shape index (κ2) is 11.7. The normalized spacial score (nSPS) is 21.1. The molecule has 5 rings (SSSR count). The minimum Gasteiger partial charge on any atom is -0.339 e. The summed E-state index contributed by atoms with van der Waals surface area (Å²) >= 11 is 1.50. The van der Waals surface area contributed by atoms with Crippen molar-refractivity contribution in [1.29, 1.82) is 0 Å². The molecule has 1 unspecified atom stereocenters. The zero-order valence-corrected chi connectivity index (χ0v) is 24.9. The summed E-state index contributed by atoms with van der Waals surface area (Å²) in [6, 6.07) is 6.57. The van der Waals surface area contributed by atoms with Crippen molar-refractivity contribution in [3.8, 4) is 0 Å². The molecule has 0 saturated carbocycles. The Morgan fingerprint density at radius 3 is 2.38 bits per heavy atom. The number of fused-ring (bicyclic) bond motifs is 1. The Hall–Kier alpha value is -2.27. The first kappa shape index (κ1) is 28.3. The van der Waals surface area contributed by atoms with E-state index in [1.54, 1.807) is 16.4 Å². The van der Waals surface area contributed by atoms with E-state index in [4.69, 9.17) is 0 Å². The monoisotopic (exact) mass is 572 g/mol. The molecular formula is C29H40N4O4S2. The average Bonchev–Trinajstić information content (AvgIpc) is 3.30. The molecule has 1 aromatic heterocycles. The van der Waals surface area contributed by atoms with Crippen LogP contribution >= 0.6 is 11.3 Å². The summed E-state index contributed by atoms with van der Waals surface area (Å²) in [5, 5.41) is 3.63. The third-order valence-electron chi connectivity index (χ3n) is 8.27. The molecule has 4 heterocycles. The summed E-state index contributed by atoms with van der Waals surface area (Å²) < 4.78 is 27.8. The number of amides is 2. The summed E-state index contributed by atoms with van der Waals surface area (Å²) in [6.07, 6.45) is 5.84. The molecule has 39 heavy (non-hydrogen) atoms. The van der Waals surface area contributed by atoms with E-state index in [1.807, 2.05) is 4.90 Å². The fraction of sp³-hybridized carbons (Fsp3) is 0.586. The molecule has 1 atom stereocenters. The maximum atomic E-state index is 13.7. The van der Waals surface area contributed by atoms with Gasteiger partial charge in [0.25, 0.3) is 11.8 Å². The maximum Gasteiger partial charge on any atom is 0.257 e. The van der Waals surface area contributed by atoms with Crippen LogP contribution in [0.3, 0.4) is 0 Å². The average molecular weight is 573 g/mol. The van der Waals surface area contributed by atoms with Gasteiger partial charge in [-0.2, -0.15) is 4.31 Å². The predicted molar refractivity (Wildman–Crippen MR) is 155 cm³/mol. The smallest absolute Gasteiger partial charge is 0.257 e. The molecule has 0 aliphatic carbocycles. The van der Waals surface area contributed by atoms with Crippen LogP contribution in [0.15, 0.2) is 29.2 Å². The summed E-state index contributed by atoms with van der Waals surface area (Å²) in [4.78, 5) is 32.7. The van der Waals surface area contributed by atoms with Crippen LogP contribution in [0.5, 0.6) is 0 Å². The van der Waals surface area contributed by atoms with Gasteiger partial charge in [-0.05, 0) is 88.1 Å². The Bertz CT molecular complexity index is 1310. The van der Waals surface area contributed by atoms with Crippen LogP contribution in [0.25, 0.3) is 0 Å². The van der Waals surface area contributed by atoms with Gasteiger partial charge >= 0.3 is 0 Å². The first-order chi connectivity index (χ1) is 18.6. The van der Waals surface area contributed by atoms with Gasteiger partial charge in [0.1, 0.15) is 5.00 Å². The highest BCUT2D eigenvalue weighted by molar-refractivity contribution is 7.89. The molecule has 2 aromatic rings. The molecule has 0 bridgehead atoms. The lowest BCUT2D eigenvalue weighted by molar-refractivity contribution is 0.0723. The first-order valence-corrected chi connectivity index (χ1v) is 16.5. The molecule has 2 fully saturated rings. The fourth-order valence-electron chi connectivity index (χ4n) is 5.90. The number of carbonyl (C=O) groups is 2. The van der Waals surface area contributed by atoms with Crippen molar-refractivity contribution in [2.24, 2.45) is 5.92 Å². The lowest BCUT2D eigenvalue weighted by Crippen LogP contribution is -2.39. The van der Waals surface area contributed by atoms with Gasteiger partial charge < -0.3 is 10.2 Å². The van der Waals surface area contributed by atoms with Crippen LogP contribution in [-0.4, -0.2) is 73.1 Å². The zero-order valence-electron chi connectivity index (χ0n) is 23.2. The minimum atomic E-state index is -3.59. The van der Waals surface area contributed by atoms with E-state index in [0.29, 0.717) is 41.2 Å². The van der Waals surface area contributed by atoms with Gasteiger partial charge in [0.05, 0.1) is 10.5 Å². The number of piperidine rings is 2. The quantitative estimate of drug-likeness (QED) is 0.537. The Kier molecular flexibility index (Phi) is 8.47. The lowest BCUT2D eigenvalue weighted by Gasteiger charge is -2.31. The number of carbonyl (C=O) groups excluding carboxylic acids is 2. The second-order valence-corrected chi connectivity index (χ2v) is 14.5. The molecule has 1 aromatic carbocycles. The molecule has 1 N–H and O–H groups in total. The third-order valence-corrected chi connectivity index (χ3v) is 11.3. The number of sulfonamides is 1. The van der Waals surface area contributed by atoms with Gasteiger partial charge in [0, 0.05) is 55.8 Å². The first-order valence-electron chi connectivity index (χ1n) is 14.2. The van der Waals surface area contributed by atoms with E-state index < -0.39 is 10.0 Å². The van der Waals surface area contributed by atoms with Crippen molar-refractivity contribution in [2.45, 2.75) is 76.8 Å². The molecular weight excluding hydrogens is 532 g/mol. The number of nitrogens with zero attached hydrogens (tertiary/aromatic N) is 3. The largest absolute Gasteiger partial charge is 0.339 e. The molecule has 3 aliphatic rings. The zero-order chi connectivity index (χ0) is 27.7. The van der Waals surface area contributed by atoms with Crippen molar-refractivity contribution < 1.29 is 18.0 Å². The highest BCUT2D eigenvalue weighted by Crippen LogP contribution is 2.39. The van der Waals surface area contributed by atoms with E-state index in [-0.39, 0.29) is 16.7 Å². The molecule has 3 aliphatic heterocycles. The van der Waals surface area contributed by atoms with E-state index in [2.05, 4.69) is 31.0 Å². The molecule has 2 amide bonds. The van der Waals surface area contributed by atoms with Gasteiger partial charge in [-0.15, -0.1) is 11.3 Å². The number of hydrogen-bond donors (Lipinski definition) is 1. The maximum absolute atomic E-state index is 13.7. The van der Waals surface area contributed by atoms with Crippen LogP contribution in [0.1, 0.15) is 84.0 Å². The highest BCUT2D eigenvalue weighted by atomic mass is 32.2. The van der Waals surface area contributed by atoms with Crippen molar-refractivity contribution >= 4 is 38.2 Å². The summed E-state index contributed by atoms with van der Waals surface area (Å²) in [5.74, 6) is 0.0138. The number of thiophene rings is 1. The number of rotatable bonds is 6. The SMILES string of the molecule is CC1CCCN(S(=O)(=O)c2ccc(C(=O)Nc3sc4c(c3C(=O)N3CCCCC3)CCN(C(C)C)C4)cc2)C1. The van der Waals surface area contributed by atoms with Crippen LogP contribution in [0.4, 0.5) is 5.00 Å². The highest BCUT2D eigenvalue weighted by Gasteiger charge is 2.33. The topological polar surface area (TPSA) is 90.0 Å². The summed E-state index contributed by atoms with van der Waals surface area (Å²) in [5.41, 5.74) is 2.08. The predicted octanol–water partition coefficient (Wildman–Crippen LogP) is 4.81. The van der Waals surface area contributed by atoms with Crippen LogP contribution in [0.2, 0.25) is 0 Å². The molecule has 8 nitrogen and oxygen atoms in total.